The number of rotatable bonds is 4. The van der Waals surface area contributed by atoms with E-state index in [0.29, 0.717) is 11.7 Å². The third-order valence-corrected chi connectivity index (χ3v) is 4.00. The summed E-state index contributed by atoms with van der Waals surface area (Å²) in [7, 11) is 1.40. The Morgan fingerprint density at radius 1 is 1.14 bits per heavy atom. The van der Waals surface area contributed by atoms with E-state index in [9.17, 15) is 0 Å². The molecule has 0 radical (unpaired) electrons. The monoisotopic (exact) mass is 292 g/mol. The molecule has 0 unspecified atom stereocenters. The van der Waals surface area contributed by atoms with Gasteiger partial charge in [0.1, 0.15) is 5.82 Å². The lowest BCUT2D eigenvalue weighted by Gasteiger charge is -2.32. The molecule has 1 aromatic rings. The highest BCUT2D eigenvalue weighted by molar-refractivity contribution is 6.63. The molecular weight excluding hydrogens is 267 g/mol. The normalized spacial score (nSPS) is 19.9. The number of nitrogens with one attached hydrogen (secondary N) is 1. The van der Waals surface area contributed by atoms with Crippen LogP contribution in [-0.2, 0) is 9.31 Å². The second-order valence-corrected chi connectivity index (χ2v) is 6.59. The predicted molar refractivity (Wildman–Crippen MR) is 85.3 cm³/mol. The van der Waals surface area contributed by atoms with Crippen molar-refractivity contribution in [1.82, 2.24) is 4.98 Å². The molecule has 2 rings (SSSR count). The van der Waals surface area contributed by atoms with Crippen molar-refractivity contribution in [2.45, 2.75) is 58.8 Å². The van der Waals surface area contributed by atoms with E-state index in [1.165, 1.54) is 0 Å². The summed E-state index contributed by atoms with van der Waals surface area (Å²) in [6.45, 7) is 12.1. The highest BCUT2D eigenvalue weighted by Gasteiger charge is 2.52. The number of ether oxygens (including phenoxy) is 1. The topological polar surface area (TPSA) is 52.6 Å². The first-order chi connectivity index (χ1) is 9.66. The van der Waals surface area contributed by atoms with Crippen molar-refractivity contribution < 1.29 is 14.0 Å². The first-order valence-electron chi connectivity index (χ1n) is 7.37. The first kappa shape index (κ1) is 16.1. The van der Waals surface area contributed by atoms with Crippen molar-refractivity contribution in [2.75, 3.05) is 12.4 Å². The second kappa shape index (κ2) is 5.50. The van der Waals surface area contributed by atoms with E-state index < -0.39 is 7.12 Å². The highest BCUT2D eigenvalue weighted by atomic mass is 16.7. The van der Waals surface area contributed by atoms with E-state index in [4.69, 9.17) is 14.0 Å². The maximum absolute atomic E-state index is 6.07. The summed E-state index contributed by atoms with van der Waals surface area (Å²) >= 11 is 0. The molecule has 1 saturated heterocycles. The fraction of sp³-hybridized carbons (Fsp3) is 0.667. The van der Waals surface area contributed by atoms with Gasteiger partial charge in [-0.25, -0.2) is 0 Å². The zero-order valence-electron chi connectivity index (χ0n) is 14.0. The summed E-state index contributed by atoms with van der Waals surface area (Å²) in [6.07, 6.45) is 0.0879. The van der Waals surface area contributed by atoms with Crippen LogP contribution >= 0.6 is 0 Å². The van der Waals surface area contributed by atoms with Crippen molar-refractivity contribution in [2.24, 2.45) is 0 Å². The molecule has 0 aromatic carbocycles. The molecule has 116 valence electrons. The molecule has 1 N–H and O–H groups in total. The van der Waals surface area contributed by atoms with Crippen LogP contribution in [0.4, 0.5) is 5.82 Å². The Labute approximate surface area is 127 Å². The summed E-state index contributed by atoms with van der Waals surface area (Å²) in [4.78, 5) is 4.48. The molecule has 0 saturated carbocycles. The van der Waals surface area contributed by atoms with Gasteiger partial charge in [-0.2, -0.15) is 4.98 Å². The standard InChI is InChI=1S/C15H25BN2O3/c1-10(2)19-12-9-8-11(13(17-7)18-12)16-20-14(3,4)15(5,6)21-16/h8-10H,1-7H3,(H,17,18). The summed E-state index contributed by atoms with van der Waals surface area (Å²) in [5.41, 5.74) is 0.151. The average Bonchev–Trinajstić information content (AvgIpc) is 2.57. The summed E-state index contributed by atoms with van der Waals surface area (Å²) in [5.74, 6) is 1.31. The van der Waals surface area contributed by atoms with E-state index in [1.54, 1.807) is 0 Å². The van der Waals surface area contributed by atoms with Crippen LogP contribution < -0.4 is 15.5 Å². The second-order valence-electron chi connectivity index (χ2n) is 6.59. The molecule has 21 heavy (non-hydrogen) atoms. The van der Waals surface area contributed by atoms with Gasteiger partial charge in [0.05, 0.1) is 17.3 Å². The molecule has 0 amide bonds. The minimum Gasteiger partial charge on any atom is -0.475 e. The maximum atomic E-state index is 6.07. The summed E-state index contributed by atoms with van der Waals surface area (Å²) < 4.78 is 17.8. The third kappa shape index (κ3) is 3.16. The number of pyridine rings is 1. The van der Waals surface area contributed by atoms with Gasteiger partial charge < -0.3 is 19.4 Å². The van der Waals surface area contributed by atoms with Gasteiger partial charge in [-0.1, -0.05) is 6.07 Å². The minimum atomic E-state index is -0.432. The summed E-state index contributed by atoms with van der Waals surface area (Å²) in [5, 5.41) is 3.09. The maximum Gasteiger partial charge on any atom is 0.498 e. The van der Waals surface area contributed by atoms with E-state index in [0.717, 1.165) is 5.46 Å². The van der Waals surface area contributed by atoms with E-state index in [-0.39, 0.29) is 17.3 Å². The van der Waals surface area contributed by atoms with Crippen molar-refractivity contribution in [3.05, 3.63) is 12.1 Å². The van der Waals surface area contributed by atoms with Gasteiger partial charge in [0.2, 0.25) is 5.88 Å². The number of anilines is 1. The van der Waals surface area contributed by atoms with Crippen molar-refractivity contribution in [3.8, 4) is 5.88 Å². The lowest BCUT2D eigenvalue weighted by molar-refractivity contribution is 0.00578. The molecule has 0 atom stereocenters. The van der Waals surface area contributed by atoms with Crippen LogP contribution in [0.25, 0.3) is 0 Å². The Morgan fingerprint density at radius 3 is 2.19 bits per heavy atom. The number of aromatic nitrogens is 1. The van der Waals surface area contributed by atoms with Crippen LogP contribution in [0.3, 0.4) is 0 Å². The van der Waals surface area contributed by atoms with Gasteiger partial charge in [-0.15, -0.1) is 0 Å². The molecular formula is C15H25BN2O3. The fourth-order valence-electron chi connectivity index (χ4n) is 2.12. The number of hydrogen-bond acceptors (Lipinski definition) is 5. The first-order valence-corrected chi connectivity index (χ1v) is 7.37. The molecule has 5 nitrogen and oxygen atoms in total. The Balaban J connectivity index is 2.29. The van der Waals surface area contributed by atoms with Crippen LogP contribution in [0, 0.1) is 0 Å². The molecule has 2 heterocycles. The zero-order valence-corrected chi connectivity index (χ0v) is 14.0. The van der Waals surface area contributed by atoms with Crippen LogP contribution in [0.5, 0.6) is 5.88 Å². The SMILES string of the molecule is CNc1nc(OC(C)C)ccc1B1OC(C)(C)C(C)(C)O1. The Hall–Kier alpha value is -1.27. The van der Waals surface area contributed by atoms with Gasteiger partial charge in [0, 0.05) is 18.6 Å². The fourth-order valence-corrected chi connectivity index (χ4v) is 2.12. The van der Waals surface area contributed by atoms with E-state index in [2.05, 4.69) is 10.3 Å². The van der Waals surface area contributed by atoms with Gasteiger partial charge in [0.25, 0.3) is 0 Å². The molecule has 1 aliphatic heterocycles. The van der Waals surface area contributed by atoms with Crippen molar-refractivity contribution in [1.29, 1.82) is 0 Å². The molecule has 1 fully saturated rings. The Kier molecular flexibility index (Phi) is 4.22. The van der Waals surface area contributed by atoms with Crippen LogP contribution in [0.1, 0.15) is 41.5 Å². The smallest absolute Gasteiger partial charge is 0.475 e. The van der Waals surface area contributed by atoms with Crippen LogP contribution in [-0.4, -0.2) is 36.5 Å². The number of hydrogen-bond donors (Lipinski definition) is 1. The van der Waals surface area contributed by atoms with E-state index >= 15 is 0 Å². The Morgan fingerprint density at radius 2 is 1.71 bits per heavy atom. The largest absolute Gasteiger partial charge is 0.498 e. The lowest BCUT2D eigenvalue weighted by Crippen LogP contribution is -2.41. The molecule has 1 aromatic heterocycles. The minimum absolute atomic E-state index is 0.0879. The van der Waals surface area contributed by atoms with Gasteiger partial charge in [0.15, 0.2) is 0 Å². The number of nitrogens with zero attached hydrogens (tertiary/aromatic N) is 1. The molecule has 0 spiro atoms. The molecule has 0 aliphatic carbocycles. The van der Waals surface area contributed by atoms with Crippen LogP contribution in [0.2, 0.25) is 0 Å². The molecule has 1 aliphatic rings. The van der Waals surface area contributed by atoms with E-state index in [1.807, 2.05) is 60.7 Å². The predicted octanol–water partition coefficient (Wildman–Crippen LogP) is 2.21. The lowest BCUT2D eigenvalue weighted by atomic mass is 9.79. The Bertz CT molecular complexity index is 502. The quantitative estimate of drug-likeness (QED) is 0.862. The molecule has 6 heteroatoms. The zero-order chi connectivity index (χ0) is 15.8. The van der Waals surface area contributed by atoms with Crippen LogP contribution in [0.15, 0.2) is 12.1 Å². The molecule has 0 bridgehead atoms. The third-order valence-electron chi connectivity index (χ3n) is 4.00. The van der Waals surface area contributed by atoms with Crippen molar-refractivity contribution in [3.63, 3.8) is 0 Å². The van der Waals surface area contributed by atoms with Gasteiger partial charge >= 0.3 is 7.12 Å². The van der Waals surface area contributed by atoms with Gasteiger partial charge in [-0.05, 0) is 41.5 Å². The van der Waals surface area contributed by atoms with Gasteiger partial charge in [-0.3, -0.25) is 0 Å². The highest BCUT2D eigenvalue weighted by Crippen LogP contribution is 2.37. The van der Waals surface area contributed by atoms with Crippen molar-refractivity contribution >= 4 is 18.4 Å². The summed E-state index contributed by atoms with van der Waals surface area (Å²) in [6, 6.07) is 3.79. The average molecular weight is 292 g/mol.